The van der Waals surface area contributed by atoms with Crippen molar-refractivity contribution < 1.29 is 29.2 Å². The van der Waals surface area contributed by atoms with Crippen LogP contribution in [0.4, 0.5) is 0 Å². The number of aliphatic hydroxyl groups excluding tert-OH is 2. The van der Waals surface area contributed by atoms with Crippen molar-refractivity contribution in [3.05, 3.63) is 12.2 Å². The molecule has 0 aromatic carbocycles. The molecular formula is C16H28O6. The third kappa shape index (κ3) is 6.87. The summed E-state index contributed by atoms with van der Waals surface area (Å²) >= 11 is 0. The molecule has 2 N–H and O–H groups in total. The van der Waals surface area contributed by atoms with Gasteiger partial charge in [0.15, 0.2) is 6.29 Å². The zero-order valence-electron chi connectivity index (χ0n) is 13.8. The van der Waals surface area contributed by atoms with Gasteiger partial charge >= 0.3 is 5.97 Å². The average Bonchev–Trinajstić information content (AvgIpc) is 2.40. The summed E-state index contributed by atoms with van der Waals surface area (Å²) in [4.78, 5) is 11.3. The van der Waals surface area contributed by atoms with E-state index in [0.717, 1.165) is 0 Å². The molecule has 128 valence electrons. The normalized spacial score (nSPS) is 30.7. The quantitative estimate of drug-likeness (QED) is 0.547. The molecule has 22 heavy (non-hydrogen) atoms. The minimum absolute atomic E-state index is 0.123. The Hall–Kier alpha value is -0.950. The van der Waals surface area contributed by atoms with E-state index in [1.807, 2.05) is 6.92 Å². The highest BCUT2D eigenvalue weighted by molar-refractivity contribution is 5.81. The summed E-state index contributed by atoms with van der Waals surface area (Å²) in [5, 5.41) is 19.4. The largest absolute Gasteiger partial charge is 0.460 e. The molecule has 2 unspecified atom stereocenters. The van der Waals surface area contributed by atoms with Gasteiger partial charge in [-0.15, -0.1) is 0 Å². The van der Waals surface area contributed by atoms with Crippen LogP contribution in [0.3, 0.4) is 0 Å². The van der Waals surface area contributed by atoms with Gasteiger partial charge in [0.1, 0.15) is 6.10 Å². The van der Waals surface area contributed by atoms with Gasteiger partial charge in [0, 0.05) is 12.5 Å². The van der Waals surface area contributed by atoms with Gasteiger partial charge in [-0.3, -0.25) is 0 Å². The lowest BCUT2D eigenvalue weighted by Crippen LogP contribution is -2.48. The Balaban J connectivity index is 2.27. The van der Waals surface area contributed by atoms with Gasteiger partial charge in [-0.2, -0.15) is 0 Å². The van der Waals surface area contributed by atoms with Crippen LogP contribution >= 0.6 is 0 Å². The van der Waals surface area contributed by atoms with Crippen molar-refractivity contribution in [3.8, 4) is 0 Å². The molecule has 0 aromatic heterocycles. The number of rotatable bonds is 7. The summed E-state index contributed by atoms with van der Waals surface area (Å²) in [7, 11) is 0. The van der Waals surface area contributed by atoms with E-state index < -0.39 is 18.5 Å². The fraction of sp³-hybridized carbons (Fsp3) is 0.812. The average molecular weight is 316 g/mol. The van der Waals surface area contributed by atoms with Crippen LogP contribution in [0.25, 0.3) is 0 Å². The zero-order chi connectivity index (χ0) is 16.7. The highest BCUT2D eigenvalue weighted by Gasteiger charge is 2.35. The molecule has 1 rings (SSSR count). The first-order chi connectivity index (χ1) is 10.3. The second-order valence-corrected chi connectivity index (χ2v) is 5.99. The monoisotopic (exact) mass is 316 g/mol. The van der Waals surface area contributed by atoms with Gasteiger partial charge in [0.05, 0.1) is 24.4 Å². The Labute approximate surface area is 132 Å². The van der Waals surface area contributed by atoms with Crippen molar-refractivity contribution in [3.63, 3.8) is 0 Å². The van der Waals surface area contributed by atoms with Gasteiger partial charge in [-0.25, -0.2) is 4.79 Å². The zero-order valence-corrected chi connectivity index (χ0v) is 13.8. The van der Waals surface area contributed by atoms with E-state index in [0.29, 0.717) is 12.8 Å². The lowest BCUT2D eigenvalue weighted by Gasteiger charge is -2.36. The summed E-state index contributed by atoms with van der Waals surface area (Å²) in [5.41, 5.74) is 0. The van der Waals surface area contributed by atoms with E-state index in [4.69, 9.17) is 14.2 Å². The molecule has 1 saturated heterocycles. The Morgan fingerprint density at radius 1 is 1.32 bits per heavy atom. The highest BCUT2D eigenvalue weighted by Crippen LogP contribution is 2.22. The number of ether oxygens (including phenoxy) is 3. The number of esters is 1. The molecule has 0 bridgehead atoms. The predicted molar refractivity (Wildman–Crippen MR) is 81.1 cm³/mol. The van der Waals surface area contributed by atoms with E-state index in [1.54, 1.807) is 26.8 Å². The molecule has 0 amide bonds. The molecule has 0 spiro atoms. The van der Waals surface area contributed by atoms with Crippen molar-refractivity contribution >= 4 is 5.97 Å². The van der Waals surface area contributed by atoms with Crippen LogP contribution in [0.15, 0.2) is 12.2 Å². The lowest BCUT2D eigenvalue weighted by atomic mass is 10.0. The summed E-state index contributed by atoms with van der Waals surface area (Å²) in [6, 6.07) is 0. The number of hydrogen-bond acceptors (Lipinski definition) is 6. The molecule has 6 nitrogen and oxygen atoms in total. The van der Waals surface area contributed by atoms with Crippen LogP contribution in [0.5, 0.6) is 0 Å². The van der Waals surface area contributed by atoms with Crippen molar-refractivity contribution in [1.82, 2.24) is 0 Å². The second-order valence-electron chi connectivity index (χ2n) is 5.99. The van der Waals surface area contributed by atoms with Gasteiger partial charge in [0.25, 0.3) is 0 Å². The van der Waals surface area contributed by atoms with E-state index in [9.17, 15) is 15.0 Å². The van der Waals surface area contributed by atoms with Crippen molar-refractivity contribution in [2.45, 2.75) is 83.8 Å². The van der Waals surface area contributed by atoms with E-state index >= 15 is 0 Å². The molecule has 0 aromatic rings. The molecular weight excluding hydrogens is 288 g/mol. The molecule has 0 saturated carbocycles. The van der Waals surface area contributed by atoms with Crippen molar-refractivity contribution in [2.75, 3.05) is 0 Å². The van der Waals surface area contributed by atoms with Gasteiger partial charge < -0.3 is 24.4 Å². The summed E-state index contributed by atoms with van der Waals surface area (Å²) < 4.78 is 16.1. The van der Waals surface area contributed by atoms with Gasteiger partial charge in [-0.05, 0) is 40.5 Å². The minimum Gasteiger partial charge on any atom is -0.460 e. The molecule has 6 heteroatoms. The minimum atomic E-state index is -0.829. The maximum atomic E-state index is 11.3. The first-order valence-corrected chi connectivity index (χ1v) is 7.83. The predicted octanol–water partition coefficient (Wildman–Crippen LogP) is 1.54. The second kappa shape index (κ2) is 9.25. The summed E-state index contributed by atoms with van der Waals surface area (Å²) in [6.45, 7) is 7.23. The lowest BCUT2D eigenvalue weighted by molar-refractivity contribution is -0.273. The number of aliphatic hydroxyl groups is 2. The Morgan fingerprint density at radius 3 is 2.64 bits per heavy atom. The first kappa shape index (κ1) is 19.1. The third-order valence-corrected chi connectivity index (χ3v) is 3.40. The number of carbonyl (C=O) groups excluding carboxylic acids is 1. The first-order valence-electron chi connectivity index (χ1n) is 7.83. The maximum Gasteiger partial charge on any atom is 0.330 e. The molecule has 5 atom stereocenters. The third-order valence-electron chi connectivity index (χ3n) is 3.40. The molecule has 0 radical (unpaired) electrons. The van der Waals surface area contributed by atoms with E-state index in [2.05, 4.69) is 0 Å². The number of hydrogen-bond donors (Lipinski definition) is 2. The maximum absolute atomic E-state index is 11.3. The van der Waals surface area contributed by atoms with Crippen LogP contribution in [0, 0.1) is 0 Å². The molecule has 1 heterocycles. The Morgan fingerprint density at radius 2 is 2.00 bits per heavy atom. The molecule has 0 aliphatic carbocycles. The number of allylic oxidation sites excluding steroid dienone is 1. The fourth-order valence-electron chi connectivity index (χ4n) is 2.14. The molecule has 1 aliphatic heterocycles. The smallest absolute Gasteiger partial charge is 0.330 e. The van der Waals surface area contributed by atoms with Gasteiger partial charge in [-0.1, -0.05) is 6.08 Å². The van der Waals surface area contributed by atoms with Crippen LogP contribution in [-0.4, -0.2) is 53.0 Å². The molecule has 1 aliphatic rings. The van der Waals surface area contributed by atoms with Crippen LogP contribution in [0.1, 0.15) is 47.0 Å². The fourth-order valence-corrected chi connectivity index (χ4v) is 2.14. The Bertz CT molecular complexity index is 368. The standard InChI is InChI=1S/C16H28O6/c1-10(2)20-15(19)8-6-5-7-11(3)21-16-14(18)9-13(17)12(4)22-16/h6,8,10-14,16-18H,5,7,9H2,1-4H3/b8-6-/t11-,12+,13?,14-,16?/m1/s1. The van der Waals surface area contributed by atoms with E-state index in [-0.39, 0.29) is 30.7 Å². The topological polar surface area (TPSA) is 85.2 Å². The van der Waals surface area contributed by atoms with Crippen LogP contribution in [-0.2, 0) is 19.0 Å². The van der Waals surface area contributed by atoms with Gasteiger partial charge in [0.2, 0.25) is 0 Å². The number of carbonyl (C=O) groups is 1. The van der Waals surface area contributed by atoms with Crippen molar-refractivity contribution in [1.29, 1.82) is 0 Å². The molecule has 1 fully saturated rings. The van der Waals surface area contributed by atoms with Crippen LogP contribution < -0.4 is 0 Å². The van der Waals surface area contributed by atoms with E-state index in [1.165, 1.54) is 6.08 Å². The summed E-state index contributed by atoms with van der Waals surface area (Å²) in [5.74, 6) is -0.350. The highest BCUT2D eigenvalue weighted by atomic mass is 16.7. The SMILES string of the molecule is CC(C)OC(=O)/C=C\CC[C@@H](C)OC1O[C@@H](C)C(O)C[C@H]1O. The van der Waals surface area contributed by atoms with Crippen LogP contribution in [0.2, 0.25) is 0 Å². The van der Waals surface area contributed by atoms with Crippen molar-refractivity contribution in [2.24, 2.45) is 0 Å². The summed E-state index contributed by atoms with van der Waals surface area (Å²) in [6.07, 6.45) is 1.94. The Kier molecular flexibility index (Phi) is 8.03.